The van der Waals surface area contributed by atoms with E-state index in [9.17, 15) is 13.9 Å². The Morgan fingerprint density at radius 1 is 1.24 bits per heavy atom. The Labute approximate surface area is 123 Å². The Bertz CT molecular complexity index is 466. The van der Waals surface area contributed by atoms with Gasteiger partial charge in [0.05, 0.1) is 12.6 Å². The van der Waals surface area contributed by atoms with E-state index in [4.69, 9.17) is 0 Å². The summed E-state index contributed by atoms with van der Waals surface area (Å²) >= 11 is 0. The summed E-state index contributed by atoms with van der Waals surface area (Å²) in [4.78, 5) is 6.31. The largest absolute Gasteiger partial charge is 0.393 e. The monoisotopic (exact) mass is 299 g/mol. The van der Waals surface area contributed by atoms with Crippen LogP contribution in [0.3, 0.4) is 0 Å². The molecule has 0 amide bonds. The molecular formula is C15H23F2N3O. The molecule has 118 valence electrons. The maximum Gasteiger partial charge on any atom is 0.319 e. The Hall–Kier alpha value is -1.01. The summed E-state index contributed by atoms with van der Waals surface area (Å²) in [5.74, 6) is 0.707. The Balaban J connectivity index is 1.70. The third-order valence-electron chi connectivity index (χ3n) is 4.99. The van der Waals surface area contributed by atoms with Gasteiger partial charge in [0.1, 0.15) is 5.82 Å². The van der Waals surface area contributed by atoms with Gasteiger partial charge in [-0.15, -0.1) is 0 Å². The zero-order valence-electron chi connectivity index (χ0n) is 12.2. The van der Waals surface area contributed by atoms with Gasteiger partial charge in [-0.1, -0.05) is 12.8 Å². The number of likely N-dealkylation sites (tertiary alicyclic amines) is 1. The molecule has 2 fully saturated rings. The topological polar surface area (TPSA) is 41.3 Å². The van der Waals surface area contributed by atoms with E-state index < -0.39 is 6.55 Å². The maximum atomic E-state index is 12.9. The number of rotatable bonds is 4. The number of hydrogen-bond acceptors (Lipinski definition) is 3. The third kappa shape index (κ3) is 3.11. The quantitative estimate of drug-likeness (QED) is 0.929. The van der Waals surface area contributed by atoms with Crippen molar-refractivity contribution in [2.24, 2.45) is 5.92 Å². The highest BCUT2D eigenvalue weighted by Crippen LogP contribution is 2.35. The molecule has 3 unspecified atom stereocenters. The van der Waals surface area contributed by atoms with Crippen LogP contribution in [-0.4, -0.2) is 38.2 Å². The van der Waals surface area contributed by atoms with Crippen molar-refractivity contribution in [2.75, 3.05) is 6.54 Å². The predicted molar refractivity (Wildman–Crippen MR) is 74.9 cm³/mol. The van der Waals surface area contributed by atoms with E-state index in [0.717, 1.165) is 49.6 Å². The molecule has 3 rings (SSSR count). The van der Waals surface area contributed by atoms with Crippen LogP contribution < -0.4 is 0 Å². The molecule has 1 aromatic rings. The number of hydrogen-bond donors (Lipinski definition) is 1. The van der Waals surface area contributed by atoms with Crippen LogP contribution in [0.1, 0.15) is 50.9 Å². The highest BCUT2D eigenvalue weighted by molar-refractivity contribution is 4.97. The molecule has 1 aromatic heterocycles. The molecule has 1 N–H and O–H groups in total. The lowest BCUT2D eigenvalue weighted by Gasteiger charge is -2.37. The van der Waals surface area contributed by atoms with Crippen molar-refractivity contribution in [3.05, 3.63) is 18.2 Å². The van der Waals surface area contributed by atoms with Gasteiger partial charge in [0.15, 0.2) is 0 Å². The van der Waals surface area contributed by atoms with Crippen LogP contribution in [0.25, 0.3) is 0 Å². The maximum absolute atomic E-state index is 12.9. The van der Waals surface area contributed by atoms with E-state index >= 15 is 0 Å². The molecule has 2 aliphatic rings. The van der Waals surface area contributed by atoms with Crippen molar-refractivity contribution in [1.29, 1.82) is 0 Å². The molecule has 21 heavy (non-hydrogen) atoms. The first-order valence-electron chi connectivity index (χ1n) is 7.89. The summed E-state index contributed by atoms with van der Waals surface area (Å²) in [6.45, 7) is -1.18. The van der Waals surface area contributed by atoms with Gasteiger partial charge in [-0.2, -0.15) is 8.78 Å². The average molecular weight is 299 g/mol. The molecule has 4 nitrogen and oxygen atoms in total. The van der Waals surface area contributed by atoms with Gasteiger partial charge in [0.25, 0.3) is 0 Å². The molecule has 1 aliphatic heterocycles. The number of halogens is 2. The van der Waals surface area contributed by atoms with E-state index in [-0.39, 0.29) is 12.0 Å². The molecule has 1 aliphatic carbocycles. The lowest BCUT2D eigenvalue weighted by atomic mass is 9.80. The Morgan fingerprint density at radius 2 is 2.05 bits per heavy atom. The van der Waals surface area contributed by atoms with Gasteiger partial charge < -0.3 is 5.11 Å². The summed E-state index contributed by atoms with van der Waals surface area (Å²) in [6.07, 6.45) is 8.84. The van der Waals surface area contributed by atoms with E-state index in [1.54, 1.807) is 0 Å². The van der Waals surface area contributed by atoms with Gasteiger partial charge in [-0.05, 0) is 32.2 Å². The van der Waals surface area contributed by atoms with E-state index in [1.807, 2.05) is 0 Å². The fourth-order valence-corrected chi connectivity index (χ4v) is 3.95. The molecular weight excluding hydrogens is 276 g/mol. The normalized spacial score (nSPS) is 31.1. The third-order valence-corrected chi connectivity index (χ3v) is 4.99. The van der Waals surface area contributed by atoms with E-state index in [2.05, 4.69) is 9.88 Å². The first kappa shape index (κ1) is 14.9. The van der Waals surface area contributed by atoms with Gasteiger partial charge >= 0.3 is 6.55 Å². The second-order valence-corrected chi connectivity index (χ2v) is 6.22. The number of aliphatic hydroxyl groups excluding tert-OH is 1. The van der Waals surface area contributed by atoms with Crippen LogP contribution >= 0.6 is 0 Å². The summed E-state index contributed by atoms with van der Waals surface area (Å²) in [5.41, 5.74) is 0. The zero-order chi connectivity index (χ0) is 14.8. The molecule has 1 saturated carbocycles. The van der Waals surface area contributed by atoms with Gasteiger partial charge in [0.2, 0.25) is 0 Å². The van der Waals surface area contributed by atoms with Gasteiger partial charge in [-0.3, -0.25) is 9.47 Å². The van der Waals surface area contributed by atoms with Crippen LogP contribution in [0.15, 0.2) is 12.4 Å². The van der Waals surface area contributed by atoms with Crippen molar-refractivity contribution in [3.8, 4) is 0 Å². The standard InChI is InChI=1S/C15H23F2N3O/c16-15(17)20-9-7-18-14(20)10-19-8-3-5-12(19)11-4-1-2-6-13(11)21/h7,9,11-13,15,21H,1-6,8,10H2. The number of nitrogens with zero attached hydrogens (tertiary/aromatic N) is 3. The Morgan fingerprint density at radius 3 is 2.81 bits per heavy atom. The highest BCUT2D eigenvalue weighted by Gasteiger charge is 2.37. The minimum atomic E-state index is -2.54. The minimum Gasteiger partial charge on any atom is -0.393 e. The number of aromatic nitrogens is 2. The van der Waals surface area contributed by atoms with Gasteiger partial charge in [0, 0.05) is 24.4 Å². The van der Waals surface area contributed by atoms with Crippen LogP contribution in [-0.2, 0) is 6.54 Å². The summed E-state index contributed by atoms with van der Waals surface area (Å²) in [6, 6.07) is 0.308. The zero-order valence-corrected chi connectivity index (χ0v) is 12.2. The van der Waals surface area contributed by atoms with Crippen LogP contribution in [0, 0.1) is 5.92 Å². The summed E-state index contributed by atoms with van der Waals surface area (Å²) < 4.78 is 26.8. The van der Waals surface area contributed by atoms with Crippen LogP contribution in [0.4, 0.5) is 8.78 Å². The van der Waals surface area contributed by atoms with Crippen molar-refractivity contribution < 1.29 is 13.9 Å². The molecule has 0 radical (unpaired) electrons. The lowest BCUT2D eigenvalue weighted by Crippen LogP contribution is -2.42. The number of aliphatic hydroxyl groups is 1. The number of alkyl halides is 2. The SMILES string of the molecule is OC1CCCCC1C1CCCN1Cc1nccn1C(F)F. The minimum absolute atomic E-state index is 0.237. The smallest absolute Gasteiger partial charge is 0.319 e. The fraction of sp³-hybridized carbons (Fsp3) is 0.800. The average Bonchev–Trinajstić information content (AvgIpc) is 3.09. The van der Waals surface area contributed by atoms with E-state index in [0.29, 0.717) is 18.4 Å². The molecule has 0 aromatic carbocycles. The lowest BCUT2D eigenvalue weighted by molar-refractivity contribution is 0.0168. The number of imidazole rings is 1. The molecule has 6 heteroatoms. The van der Waals surface area contributed by atoms with Crippen molar-refractivity contribution in [1.82, 2.24) is 14.5 Å². The molecule has 2 heterocycles. The van der Waals surface area contributed by atoms with E-state index in [1.165, 1.54) is 12.4 Å². The van der Waals surface area contributed by atoms with Crippen molar-refractivity contribution in [3.63, 3.8) is 0 Å². The van der Waals surface area contributed by atoms with Gasteiger partial charge in [-0.25, -0.2) is 4.98 Å². The first-order valence-corrected chi connectivity index (χ1v) is 7.89. The highest BCUT2D eigenvalue weighted by atomic mass is 19.3. The summed E-state index contributed by atoms with van der Waals surface area (Å²) in [7, 11) is 0. The molecule has 3 atom stereocenters. The second kappa shape index (κ2) is 6.40. The second-order valence-electron chi connectivity index (χ2n) is 6.22. The summed E-state index contributed by atoms with van der Waals surface area (Å²) in [5, 5.41) is 10.2. The van der Waals surface area contributed by atoms with Crippen molar-refractivity contribution in [2.45, 2.75) is 63.8 Å². The molecule has 0 bridgehead atoms. The first-order chi connectivity index (χ1) is 10.2. The molecule has 1 saturated heterocycles. The predicted octanol–water partition coefficient (Wildman–Crippen LogP) is 2.79. The fourth-order valence-electron chi connectivity index (χ4n) is 3.95. The Kier molecular flexibility index (Phi) is 4.54. The van der Waals surface area contributed by atoms with Crippen LogP contribution in [0.5, 0.6) is 0 Å². The van der Waals surface area contributed by atoms with Crippen LogP contribution in [0.2, 0.25) is 0 Å². The molecule has 0 spiro atoms. The van der Waals surface area contributed by atoms with Crippen molar-refractivity contribution >= 4 is 0 Å².